The fourth-order valence-electron chi connectivity index (χ4n) is 3.03. The molecule has 0 fully saturated rings. The van der Waals surface area contributed by atoms with Gasteiger partial charge < -0.3 is 4.74 Å². The Hall–Kier alpha value is -2.47. The third-order valence-electron chi connectivity index (χ3n) is 4.29. The lowest BCUT2D eigenvalue weighted by atomic mass is 10.0. The summed E-state index contributed by atoms with van der Waals surface area (Å²) in [4.78, 5) is 38.9. The first kappa shape index (κ1) is 18.3. The van der Waals surface area contributed by atoms with Crippen LogP contribution in [-0.2, 0) is 9.53 Å². The molecule has 2 aromatic rings. The predicted molar refractivity (Wildman–Crippen MR) is 100 cm³/mol. The van der Waals surface area contributed by atoms with Gasteiger partial charge in [-0.2, -0.15) is 0 Å². The van der Waals surface area contributed by atoms with Crippen molar-refractivity contribution in [2.24, 2.45) is 0 Å². The van der Waals surface area contributed by atoms with Crippen LogP contribution in [-0.4, -0.2) is 35.3 Å². The predicted octanol–water partition coefficient (Wildman–Crippen LogP) is 3.74. The van der Waals surface area contributed by atoms with Crippen LogP contribution in [0, 0.1) is 0 Å². The zero-order valence-corrected chi connectivity index (χ0v) is 15.8. The highest BCUT2D eigenvalue weighted by Crippen LogP contribution is 2.33. The minimum Gasteiger partial charge on any atom is -0.464 e. The molecule has 0 saturated carbocycles. The van der Waals surface area contributed by atoms with Gasteiger partial charge in [0.05, 0.1) is 17.7 Å². The number of amides is 2. The van der Waals surface area contributed by atoms with Crippen molar-refractivity contribution in [3.8, 4) is 0 Å². The molecule has 2 unspecified atom stereocenters. The van der Waals surface area contributed by atoms with Crippen LogP contribution in [0.1, 0.15) is 44.5 Å². The topological polar surface area (TPSA) is 63.7 Å². The van der Waals surface area contributed by atoms with E-state index in [2.05, 4.69) is 15.9 Å². The highest BCUT2D eigenvalue weighted by Gasteiger charge is 2.44. The summed E-state index contributed by atoms with van der Waals surface area (Å²) in [6, 6.07) is 15.1. The molecule has 134 valence electrons. The second kappa shape index (κ2) is 7.83. The van der Waals surface area contributed by atoms with Gasteiger partial charge in [0.15, 0.2) is 0 Å². The molecule has 0 bridgehead atoms. The van der Waals surface area contributed by atoms with Gasteiger partial charge in [-0.15, -0.1) is 0 Å². The van der Waals surface area contributed by atoms with Gasteiger partial charge in [0.1, 0.15) is 6.04 Å². The molecule has 2 aromatic carbocycles. The van der Waals surface area contributed by atoms with E-state index in [9.17, 15) is 14.4 Å². The average Bonchev–Trinajstić information content (AvgIpc) is 2.92. The Kier molecular flexibility index (Phi) is 5.52. The normalized spacial score (nSPS) is 15.5. The van der Waals surface area contributed by atoms with E-state index in [1.807, 2.05) is 30.3 Å². The van der Waals surface area contributed by atoms with Crippen LogP contribution in [0.4, 0.5) is 0 Å². The molecule has 26 heavy (non-hydrogen) atoms. The number of benzene rings is 2. The summed E-state index contributed by atoms with van der Waals surface area (Å²) in [6.45, 7) is 1.87. The van der Waals surface area contributed by atoms with E-state index in [0.29, 0.717) is 11.1 Å². The van der Waals surface area contributed by atoms with Gasteiger partial charge in [-0.25, -0.2) is 4.79 Å². The van der Waals surface area contributed by atoms with Crippen LogP contribution in [0.5, 0.6) is 0 Å². The molecule has 0 saturated heterocycles. The van der Waals surface area contributed by atoms with Gasteiger partial charge in [-0.1, -0.05) is 58.4 Å². The van der Waals surface area contributed by atoms with E-state index in [4.69, 9.17) is 4.74 Å². The molecule has 0 aliphatic carbocycles. The molecule has 6 heteroatoms. The van der Waals surface area contributed by atoms with Crippen molar-refractivity contribution in [2.75, 3.05) is 6.61 Å². The Bertz CT molecular complexity index is 802. The van der Waals surface area contributed by atoms with Gasteiger partial charge in [0.2, 0.25) is 0 Å². The maximum Gasteiger partial charge on any atom is 0.329 e. The Morgan fingerprint density at radius 2 is 1.54 bits per heavy atom. The molecule has 2 atom stereocenters. The van der Waals surface area contributed by atoms with Crippen molar-refractivity contribution in [1.82, 2.24) is 4.90 Å². The molecule has 5 nitrogen and oxygen atoms in total. The molecule has 0 N–H and O–H groups in total. The number of hydrogen-bond donors (Lipinski definition) is 0. The first-order valence-corrected chi connectivity index (χ1v) is 9.28. The van der Waals surface area contributed by atoms with Crippen LogP contribution in [0.15, 0.2) is 54.6 Å². The van der Waals surface area contributed by atoms with E-state index in [-0.39, 0.29) is 17.9 Å². The zero-order chi connectivity index (χ0) is 18.7. The molecule has 1 aliphatic heterocycles. The maximum atomic E-state index is 12.8. The molecular weight excluding hydrogens is 398 g/mol. The van der Waals surface area contributed by atoms with E-state index in [1.165, 1.54) is 0 Å². The summed E-state index contributed by atoms with van der Waals surface area (Å²) in [5.41, 5.74) is 1.59. The first-order valence-electron chi connectivity index (χ1n) is 8.37. The number of ether oxygens (including phenoxy) is 1. The number of carbonyl (C=O) groups is 3. The van der Waals surface area contributed by atoms with Crippen LogP contribution < -0.4 is 0 Å². The monoisotopic (exact) mass is 415 g/mol. The maximum absolute atomic E-state index is 12.8. The minimum absolute atomic E-state index is 0.177. The summed E-state index contributed by atoms with van der Waals surface area (Å²) in [5.74, 6) is -1.50. The van der Waals surface area contributed by atoms with Crippen LogP contribution in [0.25, 0.3) is 0 Å². The highest BCUT2D eigenvalue weighted by atomic mass is 79.9. The van der Waals surface area contributed by atoms with Crippen molar-refractivity contribution in [1.29, 1.82) is 0 Å². The molecule has 1 heterocycles. The Labute approximate surface area is 160 Å². The molecule has 3 rings (SSSR count). The van der Waals surface area contributed by atoms with Gasteiger partial charge >= 0.3 is 5.97 Å². The number of rotatable bonds is 6. The lowest BCUT2D eigenvalue weighted by Crippen LogP contribution is -2.46. The number of hydrogen-bond acceptors (Lipinski definition) is 4. The lowest BCUT2D eigenvalue weighted by Gasteiger charge is -2.26. The van der Waals surface area contributed by atoms with E-state index in [0.717, 1.165) is 10.5 Å². The smallest absolute Gasteiger partial charge is 0.329 e. The third-order valence-corrected chi connectivity index (χ3v) is 5.19. The number of nitrogens with zero attached hydrogens (tertiary/aromatic N) is 1. The minimum atomic E-state index is -0.994. The van der Waals surface area contributed by atoms with Crippen molar-refractivity contribution >= 4 is 33.7 Å². The number of halogens is 1. The summed E-state index contributed by atoms with van der Waals surface area (Å²) in [6.07, 6.45) is 0.230. The Morgan fingerprint density at radius 1 is 1.00 bits per heavy atom. The number of esters is 1. The van der Waals surface area contributed by atoms with Crippen LogP contribution in [0.3, 0.4) is 0 Å². The molecule has 0 spiro atoms. The van der Waals surface area contributed by atoms with Crippen molar-refractivity contribution < 1.29 is 19.1 Å². The summed E-state index contributed by atoms with van der Waals surface area (Å²) in [7, 11) is 0. The SMILES string of the molecule is CCOC(=O)C(CC(Br)c1ccccc1)N1C(=O)c2ccccc2C1=O. The quantitative estimate of drug-likeness (QED) is 0.409. The van der Waals surface area contributed by atoms with Gasteiger partial charge in [-0.05, 0) is 31.0 Å². The first-order chi connectivity index (χ1) is 12.5. The fourth-order valence-corrected chi connectivity index (χ4v) is 3.69. The van der Waals surface area contributed by atoms with Gasteiger partial charge in [0, 0.05) is 4.83 Å². The molecule has 0 radical (unpaired) electrons. The lowest BCUT2D eigenvalue weighted by molar-refractivity contribution is -0.148. The molecule has 0 aromatic heterocycles. The second-order valence-corrected chi connectivity index (χ2v) is 7.01. The summed E-state index contributed by atoms with van der Waals surface area (Å²) < 4.78 is 5.14. The third kappa shape index (κ3) is 3.42. The number of imide groups is 1. The van der Waals surface area contributed by atoms with E-state index in [1.54, 1.807) is 31.2 Å². The van der Waals surface area contributed by atoms with Gasteiger partial charge in [-0.3, -0.25) is 14.5 Å². The van der Waals surface area contributed by atoms with Gasteiger partial charge in [0.25, 0.3) is 11.8 Å². The Balaban J connectivity index is 1.91. The highest BCUT2D eigenvalue weighted by molar-refractivity contribution is 9.09. The van der Waals surface area contributed by atoms with Crippen molar-refractivity contribution in [2.45, 2.75) is 24.2 Å². The standard InChI is InChI=1S/C20H18BrNO4/c1-2-26-20(25)17(12-16(21)13-8-4-3-5-9-13)22-18(23)14-10-6-7-11-15(14)19(22)24/h3-11,16-17H,2,12H2,1H3. The zero-order valence-electron chi connectivity index (χ0n) is 14.2. The van der Waals surface area contributed by atoms with Crippen LogP contribution >= 0.6 is 15.9 Å². The molecule has 2 amide bonds. The van der Waals surface area contributed by atoms with E-state index >= 15 is 0 Å². The Morgan fingerprint density at radius 3 is 2.08 bits per heavy atom. The molecule has 1 aliphatic rings. The summed E-state index contributed by atoms with van der Waals surface area (Å²) in [5, 5.41) is 0. The van der Waals surface area contributed by atoms with Crippen LogP contribution in [0.2, 0.25) is 0 Å². The fraction of sp³-hybridized carbons (Fsp3) is 0.250. The molecular formula is C20H18BrNO4. The number of alkyl halides is 1. The summed E-state index contributed by atoms with van der Waals surface area (Å²) >= 11 is 3.57. The van der Waals surface area contributed by atoms with E-state index < -0.39 is 23.8 Å². The average molecular weight is 416 g/mol. The van der Waals surface area contributed by atoms with Crippen molar-refractivity contribution in [3.05, 3.63) is 71.3 Å². The number of carbonyl (C=O) groups excluding carboxylic acids is 3. The largest absolute Gasteiger partial charge is 0.464 e. The second-order valence-electron chi connectivity index (χ2n) is 5.91. The number of fused-ring (bicyclic) bond motifs is 1. The van der Waals surface area contributed by atoms with Crippen molar-refractivity contribution in [3.63, 3.8) is 0 Å².